The molecule has 6 nitrogen and oxygen atoms in total. The molecule has 2 aromatic carbocycles. The molecule has 0 bridgehead atoms. The number of amides is 1. The van der Waals surface area contributed by atoms with E-state index < -0.39 is 0 Å². The summed E-state index contributed by atoms with van der Waals surface area (Å²) in [6.45, 7) is 0. The van der Waals surface area contributed by atoms with Crippen LogP contribution in [0.5, 0.6) is 11.5 Å². The van der Waals surface area contributed by atoms with E-state index in [1.54, 1.807) is 26.4 Å². The monoisotopic (exact) mass is 454 g/mol. The summed E-state index contributed by atoms with van der Waals surface area (Å²) >= 11 is 3.25. The van der Waals surface area contributed by atoms with Crippen LogP contribution < -0.4 is 9.47 Å². The van der Waals surface area contributed by atoms with Crippen LogP contribution in [0.25, 0.3) is 0 Å². The van der Waals surface area contributed by atoms with Crippen LogP contribution in [0.15, 0.2) is 74.9 Å². The fourth-order valence-electron chi connectivity index (χ4n) is 3.31. The minimum Gasteiger partial charge on any atom is -0.497 e. The number of benzene rings is 2. The van der Waals surface area contributed by atoms with E-state index in [1.807, 2.05) is 48.5 Å². The first kappa shape index (κ1) is 19.3. The molecular weight excluding hydrogens is 436 g/mol. The molecule has 0 unspecified atom stereocenters. The Morgan fingerprint density at radius 3 is 2.48 bits per heavy atom. The van der Waals surface area contributed by atoms with Crippen molar-refractivity contribution in [1.82, 2.24) is 5.01 Å². The summed E-state index contributed by atoms with van der Waals surface area (Å²) in [6, 6.07) is 18.4. The van der Waals surface area contributed by atoms with Crippen LogP contribution >= 0.6 is 15.9 Å². The summed E-state index contributed by atoms with van der Waals surface area (Å²) in [5, 5.41) is 6.14. The number of hydrogen-bond acceptors (Lipinski definition) is 5. The fourth-order valence-corrected chi connectivity index (χ4v) is 3.61. The minimum absolute atomic E-state index is 0.226. The first-order valence-corrected chi connectivity index (χ1v) is 9.83. The van der Waals surface area contributed by atoms with Gasteiger partial charge in [-0.2, -0.15) is 5.10 Å². The van der Waals surface area contributed by atoms with E-state index in [2.05, 4.69) is 21.0 Å². The third kappa shape index (κ3) is 3.91. The lowest BCUT2D eigenvalue weighted by atomic mass is 9.98. The van der Waals surface area contributed by atoms with Crippen LogP contribution in [0.4, 0.5) is 0 Å². The molecule has 0 N–H and O–H groups in total. The number of nitrogens with zero attached hydrogens (tertiary/aromatic N) is 2. The zero-order valence-electron chi connectivity index (χ0n) is 16.0. The van der Waals surface area contributed by atoms with E-state index in [9.17, 15) is 4.79 Å². The normalized spacial score (nSPS) is 15.9. The lowest BCUT2D eigenvalue weighted by Gasteiger charge is -2.21. The van der Waals surface area contributed by atoms with Gasteiger partial charge in [0.15, 0.2) is 10.4 Å². The van der Waals surface area contributed by atoms with Crippen molar-refractivity contribution in [2.45, 2.75) is 12.5 Å². The topological polar surface area (TPSA) is 64.3 Å². The summed E-state index contributed by atoms with van der Waals surface area (Å²) < 4.78 is 16.6. The molecule has 1 aliphatic heterocycles. The number of hydrazone groups is 1. The molecule has 1 amide bonds. The second-order valence-electron chi connectivity index (χ2n) is 6.53. The highest BCUT2D eigenvalue weighted by molar-refractivity contribution is 9.10. The zero-order chi connectivity index (χ0) is 20.4. The predicted octanol–water partition coefficient (Wildman–Crippen LogP) is 5.05. The number of ether oxygens (including phenoxy) is 2. The van der Waals surface area contributed by atoms with E-state index in [4.69, 9.17) is 13.9 Å². The number of carbonyl (C=O) groups is 1. The molecular formula is C22H19BrN2O4. The van der Waals surface area contributed by atoms with Crippen molar-refractivity contribution in [3.05, 3.63) is 82.2 Å². The Morgan fingerprint density at radius 2 is 1.83 bits per heavy atom. The van der Waals surface area contributed by atoms with Gasteiger partial charge in [-0.05, 0) is 75.6 Å². The van der Waals surface area contributed by atoms with E-state index in [0.717, 1.165) is 28.3 Å². The highest BCUT2D eigenvalue weighted by Gasteiger charge is 2.35. The molecule has 0 fully saturated rings. The molecule has 1 atom stereocenters. The first-order valence-electron chi connectivity index (χ1n) is 9.04. The van der Waals surface area contributed by atoms with E-state index in [-0.39, 0.29) is 17.7 Å². The molecule has 0 aliphatic carbocycles. The van der Waals surface area contributed by atoms with Gasteiger partial charge in [-0.1, -0.05) is 12.1 Å². The van der Waals surface area contributed by atoms with Crippen LogP contribution in [-0.4, -0.2) is 30.8 Å². The van der Waals surface area contributed by atoms with Gasteiger partial charge in [0, 0.05) is 6.42 Å². The Hall–Kier alpha value is -3.06. The number of methoxy groups -OCH3 is 2. The average Bonchev–Trinajstić information content (AvgIpc) is 3.40. The number of rotatable bonds is 5. The fraction of sp³-hybridized carbons (Fsp3) is 0.182. The largest absolute Gasteiger partial charge is 0.497 e. The first-order chi connectivity index (χ1) is 14.1. The smallest absolute Gasteiger partial charge is 0.310 e. The molecule has 4 rings (SSSR count). The summed E-state index contributed by atoms with van der Waals surface area (Å²) in [5.74, 6) is 1.43. The summed E-state index contributed by atoms with van der Waals surface area (Å²) in [5.41, 5.74) is 2.70. The van der Waals surface area contributed by atoms with Gasteiger partial charge in [0.2, 0.25) is 0 Å². The minimum atomic E-state index is -0.299. The van der Waals surface area contributed by atoms with Crippen molar-refractivity contribution in [3.8, 4) is 11.5 Å². The molecule has 0 saturated carbocycles. The van der Waals surface area contributed by atoms with E-state index in [1.165, 1.54) is 5.01 Å². The predicted molar refractivity (Wildman–Crippen MR) is 112 cm³/mol. The molecule has 2 heterocycles. The molecule has 3 aromatic rings. The van der Waals surface area contributed by atoms with Crippen LogP contribution in [-0.2, 0) is 0 Å². The molecule has 1 aromatic heterocycles. The summed E-state index contributed by atoms with van der Waals surface area (Å²) in [4.78, 5) is 13.1. The Kier molecular flexibility index (Phi) is 5.40. The number of carbonyl (C=O) groups excluding carboxylic acids is 1. The van der Waals surface area contributed by atoms with Crippen molar-refractivity contribution in [3.63, 3.8) is 0 Å². The second kappa shape index (κ2) is 8.13. The van der Waals surface area contributed by atoms with Crippen molar-refractivity contribution in [1.29, 1.82) is 0 Å². The van der Waals surface area contributed by atoms with Gasteiger partial charge in [0.1, 0.15) is 11.5 Å². The van der Waals surface area contributed by atoms with Crippen LogP contribution in [0.1, 0.15) is 34.1 Å². The van der Waals surface area contributed by atoms with Crippen LogP contribution in [0, 0.1) is 0 Å². The van der Waals surface area contributed by atoms with Crippen molar-refractivity contribution < 1.29 is 18.7 Å². The standard InChI is InChI=1S/C22H19BrN2O4/c1-27-16-8-6-14(7-9-16)18-13-19(15-4-3-5-17(12-15)28-2)25(24-18)22(26)20-10-11-21(23)29-20/h3-12,19H,13H2,1-2H3/t19-/m0/s1. The van der Waals surface area contributed by atoms with Gasteiger partial charge in [0.25, 0.3) is 0 Å². The van der Waals surface area contributed by atoms with Gasteiger partial charge in [0.05, 0.1) is 26.0 Å². The van der Waals surface area contributed by atoms with E-state index >= 15 is 0 Å². The SMILES string of the molecule is COc1ccc(C2=NN(C(=O)c3ccc(Br)o3)[C@H](c3cccc(OC)c3)C2)cc1. The van der Waals surface area contributed by atoms with Gasteiger partial charge >= 0.3 is 5.91 Å². The van der Waals surface area contributed by atoms with Crippen molar-refractivity contribution in [2.75, 3.05) is 14.2 Å². The van der Waals surface area contributed by atoms with Crippen molar-refractivity contribution >= 4 is 27.5 Å². The van der Waals surface area contributed by atoms with Gasteiger partial charge < -0.3 is 13.9 Å². The third-order valence-electron chi connectivity index (χ3n) is 4.80. The Bertz CT molecular complexity index is 1060. The van der Waals surface area contributed by atoms with Gasteiger partial charge in [-0.15, -0.1) is 0 Å². The zero-order valence-corrected chi connectivity index (χ0v) is 17.5. The molecule has 0 radical (unpaired) electrons. The Morgan fingerprint density at radius 1 is 1.07 bits per heavy atom. The molecule has 0 spiro atoms. The molecule has 148 valence electrons. The lowest BCUT2D eigenvalue weighted by molar-refractivity contribution is 0.0677. The maximum absolute atomic E-state index is 13.1. The van der Waals surface area contributed by atoms with Gasteiger partial charge in [-0.25, -0.2) is 5.01 Å². The third-order valence-corrected chi connectivity index (χ3v) is 5.23. The lowest BCUT2D eigenvalue weighted by Crippen LogP contribution is -2.26. The van der Waals surface area contributed by atoms with Crippen molar-refractivity contribution in [2.24, 2.45) is 5.10 Å². The summed E-state index contributed by atoms with van der Waals surface area (Å²) in [7, 11) is 3.25. The highest BCUT2D eigenvalue weighted by Crippen LogP contribution is 2.35. The maximum Gasteiger partial charge on any atom is 0.310 e. The average molecular weight is 455 g/mol. The number of hydrogen-bond donors (Lipinski definition) is 0. The molecule has 7 heteroatoms. The second-order valence-corrected chi connectivity index (χ2v) is 7.31. The molecule has 29 heavy (non-hydrogen) atoms. The Balaban J connectivity index is 1.71. The number of halogens is 1. The van der Waals surface area contributed by atoms with Crippen LogP contribution in [0.2, 0.25) is 0 Å². The maximum atomic E-state index is 13.1. The Labute approximate surface area is 176 Å². The van der Waals surface area contributed by atoms with Crippen LogP contribution in [0.3, 0.4) is 0 Å². The molecule has 0 saturated heterocycles. The quantitative estimate of drug-likeness (QED) is 0.540. The van der Waals surface area contributed by atoms with E-state index in [0.29, 0.717) is 11.1 Å². The summed E-state index contributed by atoms with van der Waals surface area (Å²) in [6.07, 6.45) is 0.577. The highest BCUT2D eigenvalue weighted by atomic mass is 79.9. The molecule has 1 aliphatic rings. The van der Waals surface area contributed by atoms with Gasteiger partial charge in [-0.3, -0.25) is 4.79 Å². The number of furan rings is 1.